The maximum Gasteiger partial charge on any atom is 0.145 e. The van der Waals surface area contributed by atoms with E-state index in [1.807, 2.05) is 20.8 Å². The molecule has 4 heteroatoms. The summed E-state index contributed by atoms with van der Waals surface area (Å²) in [5.74, 6) is -0.313. The van der Waals surface area contributed by atoms with Crippen LogP contribution in [0.2, 0.25) is 0 Å². The van der Waals surface area contributed by atoms with Crippen LogP contribution in [-0.2, 0) is 19.1 Å². The van der Waals surface area contributed by atoms with Gasteiger partial charge >= 0.3 is 0 Å². The van der Waals surface area contributed by atoms with Gasteiger partial charge in [-0.3, -0.25) is 9.59 Å². The number of hydrogen-bond acceptors (Lipinski definition) is 4. The quantitative estimate of drug-likeness (QED) is 0.483. The van der Waals surface area contributed by atoms with Crippen LogP contribution in [0.25, 0.3) is 0 Å². The Hall–Kier alpha value is -0.740. The Kier molecular flexibility index (Phi) is 7.23. The Bertz CT molecular complexity index is 253. The first-order valence-electron chi connectivity index (χ1n) is 5.91. The molecular weight excluding hydrogens is 220 g/mol. The van der Waals surface area contributed by atoms with Crippen molar-refractivity contribution in [2.45, 2.75) is 34.1 Å². The number of carbonyl (C=O) groups is 2. The standard InChI is InChI=1S/C13H24O4/c1-10(9-17-7-6-16-5)11(14)8-12(15)13(2,3)4/h10H,6-9H2,1-5H3. The van der Waals surface area contributed by atoms with Crippen molar-refractivity contribution in [1.29, 1.82) is 0 Å². The lowest BCUT2D eigenvalue weighted by Crippen LogP contribution is -2.27. The lowest BCUT2D eigenvalue weighted by Gasteiger charge is -2.17. The molecule has 4 nitrogen and oxygen atoms in total. The highest BCUT2D eigenvalue weighted by atomic mass is 16.5. The van der Waals surface area contributed by atoms with Gasteiger partial charge in [-0.15, -0.1) is 0 Å². The molecule has 0 radical (unpaired) electrons. The summed E-state index contributed by atoms with van der Waals surface area (Å²) in [6, 6.07) is 0. The molecule has 100 valence electrons. The van der Waals surface area contributed by atoms with Gasteiger partial charge in [-0.1, -0.05) is 27.7 Å². The minimum absolute atomic E-state index is 0.00168. The van der Waals surface area contributed by atoms with Gasteiger partial charge < -0.3 is 9.47 Å². The normalized spacial score (nSPS) is 13.5. The lowest BCUT2D eigenvalue weighted by molar-refractivity contribution is -0.134. The van der Waals surface area contributed by atoms with Gasteiger partial charge in [0.1, 0.15) is 11.6 Å². The van der Waals surface area contributed by atoms with E-state index in [4.69, 9.17) is 9.47 Å². The first-order valence-corrected chi connectivity index (χ1v) is 5.91. The summed E-state index contributed by atoms with van der Waals surface area (Å²) in [5.41, 5.74) is -0.452. The van der Waals surface area contributed by atoms with Crippen molar-refractivity contribution in [3.8, 4) is 0 Å². The summed E-state index contributed by atoms with van der Waals surface area (Å²) in [7, 11) is 1.60. The smallest absolute Gasteiger partial charge is 0.145 e. The molecule has 0 aliphatic carbocycles. The van der Waals surface area contributed by atoms with Gasteiger partial charge in [-0.05, 0) is 0 Å². The highest BCUT2D eigenvalue weighted by Crippen LogP contribution is 2.18. The fourth-order valence-electron chi connectivity index (χ4n) is 1.09. The fraction of sp³-hybridized carbons (Fsp3) is 0.846. The van der Waals surface area contributed by atoms with E-state index in [1.165, 1.54) is 0 Å². The second-order valence-electron chi connectivity index (χ2n) is 5.29. The number of rotatable bonds is 8. The van der Waals surface area contributed by atoms with Crippen molar-refractivity contribution in [2.24, 2.45) is 11.3 Å². The van der Waals surface area contributed by atoms with Crippen LogP contribution in [0.15, 0.2) is 0 Å². The third-order valence-electron chi connectivity index (χ3n) is 2.52. The molecule has 0 aromatic rings. The molecule has 0 aliphatic rings. The van der Waals surface area contributed by atoms with Crippen LogP contribution in [0.5, 0.6) is 0 Å². The van der Waals surface area contributed by atoms with Crippen LogP contribution in [0, 0.1) is 11.3 Å². The highest BCUT2D eigenvalue weighted by Gasteiger charge is 2.25. The van der Waals surface area contributed by atoms with E-state index >= 15 is 0 Å². The van der Waals surface area contributed by atoms with E-state index in [2.05, 4.69) is 0 Å². The van der Waals surface area contributed by atoms with Crippen LogP contribution in [0.1, 0.15) is 34.1 Å². The van der Waals surface area contributed by atoms with E-state index in [0.29, 0.717) is 19.8 Å². The number of ether oxygens (including phenoxy) is 2. The molecule has 0 aromatic heterocycles. The molecule has 17 heavy (non-hydrogen) atoms. The minimum Gasteiger partial charge on any atom is -0.382 e. The van der Waals surface area contributed by atoms with Crippen molar-refractivity contribution in [2.75, 3.05) is 26.9 Å². The topological polar surface area (TPSA) is 52.6 Å². The summed E-state index contributed by atoms with van der Waals surface area (Å²) in [6.07, 6.45) is -0.00168. The van der Waals surface area contributed by atoms with E-state index in [-0.39, 0.29) is 23.9 Å². The average molecular weight is 244 g/mol. The molecular formula is C13H24O4. The highest BCUT2D eigenvalue weighted by molar-refractivity contribution is 6.02. The zero-order valence-corrected chi connectivity index (χ0v) is 11.5. The molecule has 0 aromatic carbocycles. The maximum absolute atomic E-state index is 11.7. The Morgan fingerprint density at radius 2 is 1.76 bits per heavy atom. The number of methoxy groups -OCH3 is 1. The maximum atomic E-state index is 11.7. The summed E-state index contributed by atoms with van der Waals surface area (Å²) in [5, 5.41) is 0. The van der Waals surface area contributed by atoms with Crippen molar-refractivity contribution >= 4 is 11.6 Å². The fourth-order valence-corrected chi connectivity index (χ4v) is 1.09. The molecule has 0 saturated heterocycles. The minimum atomic E-state index is -0.452. The molecule has 0 fully saturated rings. The SMILES string of the molecule is COCCOCC(C)C(=O)CC(=O)C(C)(C)C. The molecule has 0 N–H and O–H groups in total. The molecule has 1 unspecified atom stereocenters. The Labute approximate surface area is 104 Å². The predicted molar refractivity (Wildman–Crippen MR) is 65.9 cm³/mol. The van der Waals surface area contributed by atoms with E-state index in [1.54, 1.807) is 14.0 Å². The number of ketones is 2. The second kappa shape index (κ2) is 7.56. The third-order valence-corrected chi connectivity index (χ3v) is 2.52. The van der Waals surface area contributed by atoms with Crippen molar-refractivity contribution in [1.82, 2.24) is 0 Å². The molecule has 0 aliphatic heterocycles. The molecule has 1 atom stereocenters. The van der Waals surface area contributed by atoms with E-state index in [9.17, 15) is 9.59 Å². The Balaban J connectivity index is 3.94. The van der Waals surface area contributed by atoms with Crippen LogP contribution < -0.4 is 0 Å². The van der Waals surface area contributed by atoms with E-state index in [0.717, 1.165) is 0 Å². The number of Topliss-reactive ketones (excluding diaryl/α,β-unsaturated/α-hetero) is 2. The first-order chi connectivity index (χ1) is 7.79. The summed E-state index contributed by atoms with van der Waals surface area (Å²) >= 11 is 0. The predicted octanol–water partition coefficient (Wildman–Crippen LogP) is 1.86. The zero-order valence-electron chi connectivity index (χ0n) is 11.5. The molecule has 0 bridgehead atoms. The monoisotopic (exact) mass is 244 g/mol. The van der Waals surface area contributed by atoms with Crippen LogP contribution >= 0.6 is 0 Å². The van der Waals surface area contributed by atoms with Crippen molar-refractivity contribution in [3.05, 3.63) is 0 Å². The summed E-state index contributed by atoms with van der Waals surface area (Å²) < 4.78 is 10.1. The number of carbonyl (C=O) groups excluding carboxylic acids is 2. The molecule has 0 spiro atoms. The van der Waals surface area contributed by atoms with Crippen molar-refractivity contribution < 1.29 is 19.1 Å². The zero-order chi connectivity index (χ0) is 13.5. The average Bonchev–Trinajstić information content (AvgIpc) is 2.22. The largest absolute Gasteiger partial charge is 0.382 e. The van der Waals surface area contributed by atoms with Gasteiger partial charge in [0.15, 0.2) is 0 Å². The second-order valence-corrected chi connectivity index (χ2v) is 5.29. The van der Waals surface area contributed by atoms with Gasteiger partial charge in [0, 0.05) is 18.4 Å². The Morgan fingerprint density at radius 3 is 2.24 bits per heavy atom. The summed E-state index contributed by atoms with van der Waals surface area (Å²) in [6.45, 7) is 8.58. The third kappa shape index (κ3) is 7.23. The van der Waals surface area contributed by atoms with Gasteiger partial charge in [-0.25, -0.2) is 0 Å². The molecule has 0 heterocycles. The number of hydrogen-bond donors (Lipinski definition) is 0. The van der Waals surface area contributed by atoms with Crippen LogP contribution in [0.3, 0.4) is 0 Å². The van der Waals surface area contributed by atoms with Gasteiger partial charge in [0.2, 0.25) is 0 Å². The molecule has 0 amide bonds. The molecule has 0 saturated carbocycles. The molecule has 0 rings (SSSR count). The van der Waals surface area contributed by atoms with E-state index < -0.39 is 5.41 Å². The van der Waals surface area contributed by atoms with Crippen LogP contribution in [0.4, 0.5) is 0 Å². The lowest BCUT2D eigenvalue weighted by atomic mass is 9.86. The van der Waals surface area contributed by atoms with Gasteiger partial charge in [-0.2, -0.15) is 0 Å². The van der Waals surface area contributed by atoms with Crippen molar-refractivity contribution in [3.63, 3.8) is 0 Å². The van der Waals surface area contributed by atoms with Crippen LogP contribution in [-0.4, -0.2) is 38.5 Å². The first kappa shape index (κ1) is 16.3. The van der Waals surface area contributed by atoms with Gasteiger partial charge in [0.05, 0.1) is 26.2 Å². The Morgan fingerprint density at radius 1 is 1.18 bits per heavy atom. The summed E-state index contributed by atoms with van der Waals surface area (Å²) in [4.78, 5) is 23.4. The van der Waals surface area contributed by atoms with Gasteiger partial charge in [0.25, 0.3) is 0 Å².